The highest BCUT2D eigenvalue weighted by Crippen LogP contribution is 2.48. The summed E-state index contributed by atoms with van der Waals surface area (Å²) in [7, 11) is 1.75. The monoisotopic (exact) mass is 298 g/mol. The SMILES string of the molecule is CCCNc1ncc(Cl)c(NCC2(CCOC)CC2)n1. The average molecular weight is 299 g/mol. The standard InChI is InChI=1S/C14H23ClN4O/c1-3-7-16-13-17-9-11(15)12(19-13)18-10-14(4-5-14)6-8-20-2/h9H,3-8,10H2,1-2H3,(H2,16,17,18,19). The largest absolute Gasteiger partial charge is 0.385 e. The van der Waals surface area contributed by atoms with E-state index in [0.717, 1.165) is 32.5 Å². The van der Waals surface area contributed by atoms with Crippen LogP contribution in [0.2, 0.25) is 5.02 Å². The maximum absolute atomic E-state index is 6.14. The first kappa shape index (κ1) is 15.3. The normalized spacial score (nSPS) is 15.9. The zero-order valence-corrected chi connectivity index (χ0v) is 13.0. The minimum absolute atomic E-state index is 0.362. The molecule has 6 heteroatoms. The van der Waals surface area contributed by atoms with Crippen LogP contribution in [0.1, 0.15) is 32.6 Å². The van der Waals surface area contributed by atoms with Gasteiger partial charge in [0.05, 0.1) is 6.20 Å². The molecule has 0 aromatic carbocycles. The Morgan fingerprint density at radius 1 is 1.40 bits per heavy atom. The average Bonchev–Trinajstić information content (AvgIpc) is 3.23. The first-order valence-corrected chi connectivity index (χ1v) is 7.56. The van der Waals surface area contributed by atoms with Gasteiger partial charge in [0.1, 0.15) is 5.02 Å². The van der Waals surface area contributed by atoms with E-state index in [9.17, 15) is 0 Å². The van der Waals surface area contributed by atoms with Crippen molar-refractivity contribution >= 4 is 23.4 Å². The van der Waals surface area contributed by atoms with Gasteiger partial charge in [-0.2, -0.15) is 4.98 Å². The molecule has 0 amide bonds. The van der Waals surface area contributed by atoms with Gasteiger partial charge in [0.15, 0.2) is 5.82 Å². The summed E-state index contributed by atoms with van der Waals surface area (Å²) in [6.45, 7) is 4.66. The predicted octanol–water partition coefficient (Wildman–Crippen LogP) is 3.18. The van der Waals surface area contributed by atoms with Gasteiger partial charge in [-0.1, -0.05) is 18.5 Å². The molecular weight excluding hydrogens is 276 g/mol. The fraction of sp³-hybridized carbons (Fsp3) is 0.714. The van der Waals surface area contributed by atoms with Crippen molar-refractivity contribution in [3.63, 3.8) is 0 Å². The summed E-state index contributed by atoms with van der Waals surface area (Å²) in [5.74, 6) is 1.34. The molecule has 1 saturated carbocycles. The van der Waals surface area contributed by atoms with Crippen LogP contribution in [-0.4, -0.2) is 36.8 Å². The zero-order chi connectivity index (χ0) is 14.4. The van der Waals surface area contributed by atoms with Gasteiger partial charge in [0, 0.05) is 26.8 Å². The second kappa shape index (κ2) is 7.09. The molecule has 0 spiro atoms. The van der Waals surface area contributed by atoms with E-state index >= 15 is 0 Å². The highest BCUT2D eigenvalue weighted by molar-refractivity contribution is 6.32. The molecule has 2 rings (SSSR count). The highest BCUT2D eigenvalue weighted by atomic mass is 35.5. The molecule has 0 unspecified atom stereocenters. The smallest absolute Gasteiger partial charge is 0.224 e. The van der Waals surface area contributed by atoms with Gasteiger partial charge in [-0.3, -0.25) is 0 Å². The molecule has 1 fully saturated rings. The topological polar surface area (TPSA) is 59.1 Å². The Kier molecular flexibility index (Phi) is 5.43. The number of ether oxygens (including phenoxy) is 1. The first-order valence-electron chi connectivity index (χ1n) is 7.18. The van der Waals surface area contributed by atoms with Crippen molar-refractivity contribution in [1.29, 1.82) is 0 Å². The summed E-state index contributed by atoms with van der Waals surface area (Å²) in [5.41, 5.74) is 0.362. The van der Waals surface area contributed by atoms with E-state index in [1.807, 2.05) is 0 Å². The van der Waals surface area contributed by atoms with Crippen LogP contribution >= 0.6 is 11.6 Å². The van der Waals surface area contributed by atoms with Gasteiger partial charge < -0.3 is 15.4 Å². The van der Waals surface area contributed by atoms with Gasteiger partial charge in [0.2, 0.25) is 5.95 Å². The Bertz CT molecular complexity index is 437. The lowest BCUT2D eigenvalue weighted by molar-refractivity contribution is 0.175. The van der Waals surface area contributed by atoms with E-state index in [2.05, 4.69) is 27.5 Å². The second-order valence-corrected chi connectivity index (χ2v) is 5.82. The molecule has 0 saturated heterocycles. The molecule has 20 heavy (non-hydrogen) atoms. The van der Waals surface area contributed by atoms with Gasteiger partial charge >= 0.3 is 0 Å². The van der Waals surface area contributed by atoms with Crippen LogP contribution in [0.4, 0.5) is 11.8 Å². The van der Waals surface area contributed by atoms with Crippen LogP contribution in [-0.2, 0) is 4.74 Å². The van der Waals surface area contributed by atoms with E-state index in [0.29, 0.717) is 22.2 Å². The number of nitrogens with zero attached hydrogens (tertiary/aromatic N) is 2. The highest BCUT2D eigenvalue weighted by Gasteiger charge is 2.41. The fourth-order valence-electron chi connectivity index (χ4n) is 2.09. The number of halogens is 1. The van der Waals surface area contributed by atoms with Crippen LogP contribution in [0.15, 0.2) is 6.20 Å². The summed E-state index contributed by atoms with van der Waals surface area (Å²) in [5, 5.41) is 7.10. The third-order valence-corrected chi connectivity index (χ3v) is 3.98. The summed E-state index contributed by atoms with van der Waals surface area (Å²) in [6.07, 6.45) is 6.25. The Morgan fingerprint density at radius 3 is 2.85 bits per heavy atom. The maximum atomic E-state index is 6.14. The van der Waals surface area contributed by atoms with Crippen molar-refractivity contribution in [1.82, 2.24) is 9.97 Å². The fourth-order valence-corrected chi connectivity index (χ4v) is 2.25. The Morgan fingerprint density at radius 2 is 2.20 bits per heavy atom. The third-order valence-electron chi connectivity index (χ3n) is 3.70. The molecule has 0 aliphatic heterocycles. The van der Waals surface area contributed by atoms with E-state index in [4.69, 9.17) is 16.3 Å². The first-order chi connectivity index (χ1) is 9.69. The molecule has 0 bridgehead atoms. The molecule has 1 aromatic heterocycles. The van der Waals surface area contributed by atoms with Crippen LogP contribution < -0.4 is 10.6 Å². The van der Waals surface area contributed by atoms with Gasteiger partial charge in [-0.05, 0) is 31.1 Å². The zero-order valence-electron chi connectivity index (χ0n) is 12.2. The molecule has 112 valence electrons. The quantitative estimate of drug-likeness (QED) is 0.733. The molecule has 0 radical (unpaired) electrons. The maximum Gasteiger partial charge on any atom is 0.224 e. The van der Waals surface area contributed by atoms with Crippen molar-refractivity contribution < 1.29 is 4.74 Å². The predicted molar refractivity (Wildman–Crippen MR) is 82.5 cm³/mol. The summed E-state index contributed by atoms with van der Waals surface area (Å²) >= 11 is 6.14. The number of methoxy groups -OCH3 is 1. The van der Waals surface area contributed by atoms with E-state index in [1.54, 1.807) is 13.3 Å². The summed E-state index contributed by atoms with van der Waals surface area (Å²) in [6, 6.07) is 0. The van der Waals surface area contributed by atoms with Gasteiger partial charge in [0.25, 0.3) is 0 Å². The molecule has 1 heterocycles. The van der Waals surface area contributed by atoms with Crippen LogP contribution in [0.25, 0.3) is 0 Å². The Hall–Kier alpha value is -1.07. The van der Waals surface area contributed by atoms with Gasteiger partial charge in [-0.15, -0.1) is 0 Å². The van der Waals surface area contributed by atoms with Crippen molar-refractivity contribution in [3.05, 3.63) is 11.2 Å². The van der Waals surface area contributed by atoms with E-state index < -0.39 is 0 Å². The minimum Gasteiger partial charge on any atom is -0.385 e. The summed E-state index contributed by atoms with van der Waals surface area (Å²) in [4.78, 5) is 8.60. The van der Waals surface area contributed by atoms with Crippen molar-refractivity contribution in [2.75, 3.05) is 37.4 Å². The van der Waals surface area contributed by atoms with Crippen molar-refractivity contribution in [3.8, 4) is 0 Å². The number of rotatable bonds is 9. The molecule has 1 aliphatic rings. The molecule has 1 aliphatic carbocycles. The van der Waals surface area contributed by atoms with E-state index in [-0.39, 0.29) is 0 Å². The number of hydrogen-bond donors (Lipinski definition) is 2. The molecule has 1 aromatic rings. The van der Waals surface area contributed by atoms with Crippen molar-refractivity contribution in [2.45, 2.75) is 32.6 Å². The molecule has 5 nitrogen and oxygen atoms in total. The lowest BCUT2D eigenvalue weighted by atomic mass is 10.0. The summed E-state index contributed by atoms with van der Waals surface area (Å²) < 4.78 is 5.17. The number of nitrogens with one attached hydrogen (secondary N) is 2. The molecule has 2 N–H and O–H groups in total. The van der Waals surface area contributed by atoms with Crippen LogP contribution in [0.3, 0.4) is 0 Å². The molecule has 0 atom stereocenters. The second-order valence-electron chi connectivity index (χ2n) is 5.41. The number of anilines is 2. The van der Waals surface area contributed by atoms with Gasteiger partial charge in [-0.25, -0.2) is 4.98 Å². The Balaban J connectivity index is 1.91. The third kappa shape index (κ3) is 4.21. The lowest BCUT2D eigenvalue weighted by Crippen LogP contribution is -2.18. The van der Waals surface area contributed by atoms with Crippen molar-refractivity contribution in [2.24, 2.45) is 5.41 Å². The lowest BCUT2D eigenvalue weighted by Gasteiger charge is -2.16. The Labute approximate surface area is 125 Å². The van der Waals surface area contributed by atoms with E-state index in [1.165, 1.54) is 12.8 Å². The van der Waals surface area contributed by atoms with Crippen LogP contribution in [0, 0.1) is 5.41 Å². The number of aromatic nitrogens is 2. The molecular formula is C14H23ClN4O. The van der Waals surface area contributed by atoms with Crippen LogP contribution in [0.5, 0.6) is 0 Å². The minimum atomic E-state index is 0.362. The number of hydrogen-bond acceptors (Lipinski definition) is 5.